The van der Waals surface area contributed by atoms with Crippen LogP contribution in [0.3, 0.4) is 0 Å². The molecule has 1 aliphatic rings. The molecule has 1 aliphatic carbocycles. The van der Waals surface area contributed by atoms with Gasteiger partial charge in [0, 0.05) is 28.9 Å². The number of rotatable bonds is 5. The second kappa shape index (κ2) is 7.21. The minimum absolute atomic E-state index is 0.153. The van der Waals surface area contributed by atoms with Crippen molar-refractivity contribution in [3.8, 4) is 11.3 Å². The van der Waals surface area contributed by atoms with E-state index in [-0.39, 0.29) is 5.54 Å². The number of benzene rings is 1. The molecule has 1 aromatic carbocycles. The van der Waals surface area contributed by atoms with Crippen LogP contribution in [0.15, 0.2) is 67.4 Å². The highest BCUT2D eigenvalue weighted by Crippen LogP contribution is 2.39. The van der Waals surface area contributed by atoms with E-state index in [4.69, 9.17) is 10.7 Å². The van der Waals surface area contributed by atoms with Crippen molar-refractivity contribution in [2.75, 3.05) is 0 Å². The molecule has 0 aliphatic heterocycles. The van der Waals surface area contributed by atoms with Crippen LogP contribution < -0.4 is 5.73 Å². The highest BCUT2D eigenvalue weighted by molar-refractivity contribution is 5.84. The Morgan fingerprint density at radius 1 is 1.25 bits per heavy atom. The monoisotopic (exact) mass is 370 g/mol. The molecule has 4 heteroatoms. The van der Waals surface area contributed by atoms with Crippen LogP contribution in [-0.4, -0.2) is 14.6 Å². The minimum atomic E-state index is -0.153. The quantitative estimate of drug-likeness (QED) is 0.629. The Kier molecular flexibility index (Phi) is 4.73. The summed E-state index contributed by atoms with van der Waals surface area (Å²) >= 11 is 0. The molecule has 0 bridgehead atoms. The molecular weight excluding hydrogens is 344 g/mol. The van der Waals surface area contributed by atoms with Crippen LogP contribution in [0, 0.1) is 6.92 Å². The maximum absolute atomic E-state index is 6.49. The third kappa shape index (κ3) is 3.20. The molecule has 2 N–H and O–H groups in total. The summed E-state index contributed by atoms with van der Waals surface area (Å²) in [4.78, 5) is 4.93. The Hall–Kier alpha value is -2.98. The third-order valence-corrected chi connectivity index (χ3v) is 5.55. The number of allylic oxidation sites excluding steroid dienone is 5. The van der Waals surface area contributed by atoms with Crippen LogP contribution >= 0.6 is 0 Å². The van der Waals surface area contributed by atoms with Crippen LogP contribution in [-0.2, 0) is 5.54 Å². The van der Waals surface area contributed by atoms with E-state index in [2.05, 4.69) is 35.9 Å². The van der Waals surface area contributed by atoms with E-state index in [1.165, 1.54) is 12.0 Å². The summed E-state index contributed by atoms with van der Waals surface area (Å²) in [5, 5.41) is 4.53. The molecule has 0 atom stereocenters. The van der Waals surface area contributed by atoms with E-state index in [1.807, 2.05) is 54.9 Å². The number of fused-ring (bicyclic) bond motifs is 1. The van der Waals surface area contributed by atoms with Crippen molar-refractivity contribution < 1.29 is 0 Å². The van der Waals surface area contributed by atoms with Crippen LogP contribution in [0.1, 0.15) is 43.0 Å². The molecule has 0 radical (unpaired) electrons. The first kappa shape index (κ1) is 18.4. The van der Waals surface area contributed by atoms with Gasteiger partial charge in [-0.25, -0.2) is 9.50 Å². The summed E-state index contributed by atoms with van der Waals surface area (Å²) in [6.45, 7) is 7.98. The number of nitrogens with zero attached hydrogens (tertiary/aromatic N) is 3. The first-order chi connectivity index (χ1) is 13.5. The van der Waals surface area contributed by atoms with E-state index < -0.39 is 0 Å². The van der Waals surface area contributed by atoms with Crippen LogP contribution in [0.25, 0.3) is 22.5 Å². The zero-order chi connectivity index (χ0) is 19.7. The SMILES string of the molecule is C=C/C(=C\C=C/C)c1cn2nc(C)cc2nc1-c1ccc(C2(N)CCC2)cc1. The lowest BCUT2D eigenvalue weighted by molar-refractivity contribution is 0.253. The fourth-order valence-electron chi connectivity index (χ4n) is 3.75. The van der Waals surface area contributed by atoms with E-state index in [0.717, 1.165) is 46.6 Å². The highest BCUT2D eigenvalue weighted by Gasteiger charge is 2.34. The minimum Gasteiger partial charge on any atom is -0.321 e. The van der Waals surface area contributed by atoms with Gasteiger partial charge in [0.15, 0.2) is 5.65 Å². The molecule has 4 rings (SSSR count). The zero-order valence-electron chi connectivity index (χ0n) is 16.5. The fraction of sp³-hybridized carbons (Fsp3) is 0.250. The zero-order valence-corrected chi connectivity index (χ0v) is 16.5. The van der Waals surface area contributed by atoms with Crippen LogP contribution in [0.2, 0.25) is 0 Å². The molecule has 28 heavy (non-hydrogen) atoms. The number of hydrogen-bond donors (Lipinski definition) is 1. The molecule has 1 fully saturated rings. The summed E-state index contributed by atoms with van der Waals surface area (Å²) in [7, 11) is 0. The Balaban J connectivity index is 1.86. The average molecular weight is 371 g/mol. The van der Waals surface area contributed by atoms with Crippen molar-refractivity contribution in [3.05, 3.63) is 84.2 Å². The Bertz CT molecular complexity index is 1080. The Labute approximate surface area is 166 Å². The molecule has 0 amide bonds. The summed E-state index contributed by atoms with van der Waals surface area (Å²) in [6.07, 6.45) is 13.3. The van der Waals surface area contributed by atoms with Gasteiger partial charge >= 0.3 is 0 Å². The summed E-state index contributed by atoms with van der Waals surface area (Å²) in [5.41, 5.74) is 13.3. The predicted molar refractivity (Wildman–Crippen MR) is 116 cm³/mol. The predicted octanol–water partition coefficient (Wildman–Crippen LogP) is 5.19. The maximum atomic E-state index is 6.49. The lowest BCUT2D eigenvalue weighted by Crippen LogP contribution is -2.43. The topological polar surface area (TPSA) is 56.2 Å². The van der Waals surface area contributed by atoms with Crippen molar-refractivity contribution in [2.45, 2.75) is 38.6 Å². The molecule has 0 unspecified atom stereocenters. The van der Waals surface area contributed by atoms with Gasteiger partial charge in [0.1, 0.15) is 0 Å². The van der Waals surface area contributed by atoms with Crippen molar-refractivity contribution >= 4 is 11.2 Å². The van der Waals surface area contributed by atoms with Crippen LogP contribution in [0.5, 0.6) is 0 Å². The van der Waals surface area contributed by atoms with Gasteiger partial charge in [-0.2, -0.15) is 5.10 Å². The Morgan fingerprint density at radius 2 is 2.00 bits per heavy atom. The lowest BCUT2D eigenvalue weighted by atomic mass is 9.72. The largest absolute Gasteiger partial charge is 0.321 e. The first-order valence-electron chi connectivity index (χ1n) is 9.77. The normalized spacial score (nSPS) is 16.5. The van der Waals surface area contributed by atoms with Crippen molar-refractivity contribution in [3.63, 3.8) is 0 Å². The molecule has 1 saturated carbocycles. The summed E-state index contributed by atoms with van der Waals surface area (Å²) in [5.74, 6) is 0. The number of aryl methyl sites for hydroxylation is 1. The van der Waals surface area contributed by atoms with E-state index >= 15 is 0 Å². The number of hydrogen-bond acceptors (Lipinski definition) is 3. The van der Waals surface area contributed by atoms with Crippen molar-refractivity contribution in [2.24, 2.45) is 5.73 Å². The van der Waals surface area contributed by atoms with E-state index in [1.54, 1.807) is 0 Å². The summed E-state index contributed by atoms with van der Waals surface area (Å²) < 4.78 is 1.83. The van der Waals surface area contributed by atoms with E-state index in [9.17, 15) is 0 Å². The molecule has 2 aromatic heterocycles. The Morgan fingerprint density at radius 3 is 2.61 bits per heavy atom. The van der Waals surface area contributed by atoms with Gasteiger partial charge < -0.3 is 5.73 Å². The molecular formula is C24H26N4. The third-order valence-electron chi connectivity index (χ3n) is 5.55. The van der Waals surface area contributed by atoms with Crippen molar-refractivity contribution in [1.82, 2.24) is 14.6 Å². The van der Waals surface area contributed by atoms with Gasteiger partial charge in [0.05, 0.1) is 11.4 Å². The first-order valence-corrected chi connectivity index (χ1v) is 9.77. The van der Waals surface area contributed by atoms with Crippen LogP contribution in [0.4, 0.5) is 0 Å². The molecule has 3 aromatic rings. The molecule has 2 heterocycles. The molecule has 0 spiro atoms. The molecule has 142 valence electrons. The fourth-order valence-corrected chi connectivity index (χ4v) is 3.75. The standard InChI is InChI=1S/C24H26N4/c1-4-6-8-18(5-2)21-16-28-22(15-17(3)27-28)26-23(21)19-9-11-20(12-10-19)24(25)13-7-14-24/h4-6,8-12,15-16H,2,7,13-14,25H2,1,3H3/b6-4-,18-8+. The van der Waals surface area contributed by atoms with Gasteiger partial charge in [0.2, 0.25) is 0 Å². The smallest absolute Gasteiger partial charge is 0.155 e. The van der Waals surface area contributed by atoms with Gasteiger partial charge in [-0.3, -0.25) is 0 Å². The van der Waals surface area contributed by atoms with Crippen molar-refractivity contribution in [1.29, 1.82) is 0 Å². The van der Waals surface area contributed by atoms with Gasteiger partial charge in [0.25, 0.3) is 0 Å². The molecule has 0 saturated heterocycles. The van der Waals surface area contributed by atoms with Gasteiger partial charge in [-0.1, -0.05) is 55.1 Å². The average Bonchev–Trinajstić information content (AvgIpc) is 3.05. The highest BCUT2D eigenvalue weighted by atomic mass is 15.2. The summed E-state index contributed by atoms with van der Waals surface area (Å²) in [6, 6.07) is 10.5. The second-order valence-electron chi connectivity index (χ2n) is 7.53. The lowest BCUT2D eigenvalue weighted by Gasteiger charge is -2.38. The van der Waals surface area contributed by atoms with E-state index in [0.29, 0.717) is 0 Å². The second-order valence-corrected chi connectivity index (χ2v) is 7.53. The van der Waals surface area contributed by atoms with Gasteiger partial charge in [-0.05, 0) is 44.2 Å². The number of aromatic nitrogens is 3. The van der Waals surface area contributed by atoms with Gasteiger partial charge in [-0.15, -0.1) is 0 Å². The molecule has 4 nitrogen and oxygen atoms in total. The maximum Gasteiger partial charge on any atom is 0.155 e. The number of nitrogens with two attached hydrogens (primary N) is 1.